The molecule has 0 aromatic rings. The minimum absolute atomic E-state index is 0.362. The van der Waals surface area contributed by atoms with Gasteiger partial charge in [0.2, 0.25) is 8.45 Å². The summed E-state index contributed by atoms with van der Waals surface area (Å²) in [5.41, 5.74) is 6.65. The molecule has 0 aliphatic heterocycles. The van der Waals surface area contributed by atoms with Crippen molar-refractivity contribution in [1.82, 2.24) is 9.34 Å². The first-order chi connectivity index (χ1) is 8.73. The summed E-state index contributed by atoms with van der Waals surface area (Å²) in [6.45, 7) is 20.5. The number of nitrogens with two attached hydrogens (primary N) is 1. The highest BCUT2D eigenvalue weighted by molar-refractivity contribution is 7.47. The minimum Gasteiger partial charge on any atom is -0.328 e. The van der Waals surface area contributed by atoms with Crippen molar-refractivity contribution in [2.75, 3.05) is 13.2 Å². The van der Waals surface area contributed by atoms with E-state index >= 15 is 0 Å². The summed E-state index contributed by atoms with van der Waals surface area (Å²) in [5.74, 6) is 0. The molecule has 0 radical (unpaired) electrons. The lowest BCUT2D eigenvalue weighted by molar-refractivity contribution is 0.219. The van der Waals surface area contributed by atoms with Crippen molar-refractivity contribution in [2.24, 2.45) is 5.73 Å². The van der Waals surface area contributed by atoms with Crippen LogP contribution in [0.1, 0.15) is 48.5 Å². The third-order valence-corrected chi connectivity index (χ3v) is 5.55. The van der Waals surface area contributed by atoms with Gasteiger partial charge in [0, 0.05) is 30.4 Å². The average molecular weight is 289 g/mol. The van der Waals surface area contributed by atoms with Crippen LogP contribution in [0.2, 0.25) is 0 Å². The van der Waals surface area contributed by atoms with Gasteiger partial charge in [-0.2, -0.15) is 0 Å². The van der Waals surface area contributed by atoms with Crippen LogP contribution in [0.25, 0.3) is 0 Å². The van der Waals surface area contributed by atoms with E-state index in [-0.39, 0.29) is 0 Å². The zero-order valence-electron chi connectivity index (χ0n) is 13.7. The predicted molar refractivity (Wildman–Crippen MR) is 85.8 cm³/mol. The molecular formula is C14H32N3OP. The molecule has 5 heteroatoms. The first kappa shape index (κ1) is 18.9. The smallest absolute Gasteiger partial charge is 0.218 e. The van der Waals surface area contributed by atoms with Crippen molar-refractivity contribution < 1.29 is 4.52 Å². The summed E-state index contributed by atoms with van der Waals surface area (Å²) in [6, 6.07) is 1.20. The highest BCUT2D eigenvalue weighted by atomic mass is 31.2. The zero-order chi connectivity index (χ0) is 15.2. The second-order valence-electron chi connectivity index (χ2n) is 5.62. The maximum atomic E-state index is 6.09. The third kappa shape index (κ3) is 5.78. The summed E-state index contributed by atoms with van der Waals surface area (Å²) >= 11 is 0. The fourth-order valence-corrected chi connectivity index (χ4v) is 4.38. The van der Waals surface area contributed by atoms with Gasteiger partial charge in [0.1, 0.15) is 0 Å². The molecule has 1 atom stereocenters. The van der Waals surface area contributed by atoms with Gasteiger partial charge in [0.15, 0.2) is 0 Å². The Hall–Kier alpha value is -0.150. The van der Waals surface area contributed by atoms with Crippen molar-refractivity contribution in [3.8, 4) is 0 Å². The standard InChI is InChI=1S/C14H32N3OP/c1-11(2)16(12(3)4)19(18-10-9-15)17(13(5)6)14(7)8/h12-14H,1,9-10,15H2,2-8H3. The molecule has 0 amide bonds. The molecule has 0 aliphatic rings. The molecule has 0 saturated heterocycles. The Morgan fingerprint density at radius 1 is 1.11 bits per heavy atom. The van der Waals surface area contributed by atoms with E-state index in [1.165, 1.54) is 0 Å². The van der Waals surface area contributed by atoms with E-state index in [0.717, 1.165) is 5.70 Å². The average Bonchev–Trinajstić information content (AvgIpc) is 2.23. The highest BCUT2D eigenvalue weighted by Gasteiger charge is 2.32. The first-order valence-corrected chi connectivity index (χ1v) is 8.26. The topological polar surface area (TPSA) is 41.7 Å². The van der Waals surface area contributed by atoms with Crippen LogP contribution >= 0.6 is 8.45 Å². The lowest BCUT2D eigenvalue weighted by atomic mass is 10.3. The Balaban J connectivity index is 5.30. The van der Waals surface area contributed by atoms with Gasteiger partial charge in [-0.05, 0) is 48.5 Å². The molecule has 0 aromatic carbocycles. The Labute approximate surface area is 120 Å². The minimum atomic E-state index is -0.864. The molecule has 0 spiro atoms. The van der Waals surface area contributed by atoms with Gasteiger partial charge >= 0.3 is 0 Å². The van der Waals surface area contributed by atoms with E-state index in [4.69, 9.17) is 10.3 Å². The number of hydrogen-bond donors (Lipinski definition) is 1. The highest BCUT2D eigenvalue weighted by Crippen LogP contribution is 2.51. The third-order valence-electron chi connectivity index (χ3n) is 2.64. The van der Waals surface area contributed by atoms with Gasteiger partial charge in [-0.3, -0.25) is 0 Å². The van der Waals surface area contributed by atoms with E-state index in [9.17, 15) is 0 Å². The SMILES string of the molecule is C=C(C)N(C(C)C)P(OCCN)N(C(C)C)C(C)C. The van der Waals surface area contributed by atoms with Gasteiger partial charge in [-0.1, -0.05) is 6.58 Å². The normalized spacial score (nSPS) is 13.7. The van der Waals surface area contributed by atoms with Crippen LogP contribution in [-0.2, 0) is 4.52 Å². The van der Waals surface area contributed by atoms with Crippen molar-refractivity contribution in [1.29, 1.82) is 0 Å². The first-order valence-electron chi connectivity index (χ1n) is 7.10. The molecular weight excluding hydrogens is 257 g/mol. The summed E-state index contributed by atoms with van der Waals surface area (Å²) in [5, 5.41) is 0. The van der Waals surface area contributed by atoms with Crippen molar-refractivity contribution in [2.45, 2.75) is 66.6 Å². The summed E-state index contributed by atoms with van der Waals surface area (Å²) in [7, 11) is -0.864. The van der Waals surface area contributed by atoms with E-state index in [2.05, 4.69) is 57.5 Å². The fraction of sp³-hybridized carbons (Fsp3) is 0.857. The van der Waals surface area contributed by atoms with Crippen LogP contribution in [0.5, 0.6) is 0 Å². The van der Waals surface area contributed by atoms with Crippen molar-refractivity contribution >= 4 is 8.45 Å². The largest absolute Gasteiger partial charge is 0.328 e. The van der Waals surface area contributed by atoms with Crippen LogP contribution in [0, 0.1) is 0 Å². The quantitative estimate of drug-likeness (QED) is 0.659. The molecule has 19 heavy (non-hydrogen) atoms. The Kier molecular flexibility index (Phi) is 8.84. The van der Waals surface area contributed by atoms with Crippen LogP contribution in [0.3, 0.4) is 0 Å². The van der Waals surface area contributed by atoms with E-state index in [0.29, 0.717) is 31.3 Å². The second kappa shape index (κ2) is 8.91. The van der Waals surface area contributed by atoms with Gasteiger partial charge < -0.3 is 14.9 Å². The van der Waals surface area contributed by atoms with Gasteiger partial charge in [-0.15, -0.1) is 0 Å². The summed E-state index contributed by atoms with van der Waals surface area (Å²) in [6.07, 6.45) is 0. The van der Waals surface area contributed by atoms with E-state index in [1.54, 1.807) is 0 Å². The molecule has 0 rings (SSSR count). The molecule has 4 nitrogen and oxygen atoms in total. The van der Waals surface area contributed by atoms with Crippen molar-refractivity contribution in [3.05, 3.63) is 12.3 Å². The Morgan fingerprint density at radius 2 is 1.58 bits per heavy atom. The van der Waals surface area contributed by atoms with Crippen molar-refractivity contribution in [3.63, 3.8) is 0 Å². The Morgan fingerprint density at radius 3 is 1.84 bits per heavy atom. The van der Waals surface area contributed by atoms with Gasteiger partial charge in [0.25, 0.3) is 0 Å². The number of allylic oxidation sites excluding steroid dienone is 1. The van der Waals surface area contributed by atoms with Crippen LogP contribution in [0.15, 0.2) is 12.3 Å². The van der Waals surface area contributed by atoms with Crippen LogP contribution < -0.4 is 5.73 Å². The fourth-order valence-electron chi connectivity index (χ4n) is 2.15. The predicted octanol–water partition coefficient (Wildman–Crippen LogP) is 3.55. The summed E-state index contributed by atoms with van der Waals surface area (Å²) < 4.78 is 10.8. The number of nitrogens with zero attached hydrogens (tertiary/aromatic N) is 2. The maximum absolute atomic E-state index is 6.09. The summed E-state index contributed by atoms with van der Waals surface area (Å²) in [4.78, 5) is 0. The van der Waals surface area contributed by atoms with Crippen LogP contribution in [0.4, 0.5) is 0 Å². The van der Waals surface area contributed by atoms with Crippen LogP contribution in [-0.4, -0.2) is 40.6 Å². The van der Waals surface area contributed by atoms with Gasteiger partial charge in [-0.25, -0.2) is 4.67 Å². The molecule has 114 valence electrons. The molecule has 0 aliphatic carbocycles. The maximum Gasteiger partial charge on any atom is 0.218 e. The second-order valence-corrected chi connectivity index (χ2v) is 7.27. The molecule has 2 N–H and O–H groups in total. The molecule has 0 fully saturated rings. The molecule has 1 unspecified atom stereocenters. The number of hydrogen-bond acceptors (Lipinski definition) is 4. The monoisotopic (exact) mass is 289 g/mol. The zero-order valence-corrected chi connectivity index (χ0v) is 14.6. The molecule has 0 aromatic heterocycles. The van der Waals surface area contributed by atoms with E-state index in [1.807, 2.05) is 6.92 Å². The lowest BCUT2D eigenvalue weighted by Crippen LogP contribution is -2.40. The lowest BCUT2D eigenvalue weighted by Gasteiger charge is -2.45. The Bertz CT molecular complexity index is 261. The van der Waals surface area contributed by atoms with Gasteiger partial charge in [0.05, 0.1) is 6.61 Å². The molecule has 0 heterocycles. The van der Waals surface area contributed by atoms with E-state index < -0.39 is 8.45 Å². The molecule has 0 saturated carbocycles. The number of rotatable bonds is 9. The molecule has 0 bridgehead atoms.